The second kappa shape index (κ2) is 7.47. The topological polar surface area (TPSA) is 70.2 Å². The van der Waals surface area contributed by atoms with Crippen LogP contribution < -0.4 is 16.2 Å². The minimum atomic E-state index is -0.268. The summed E-state index contributed by atoms with van der Waals surface area (Å²) in [6.07, 6.45) is 6.58. The van der Waals surface area contributed by atoms with Crippen LogP contribution in [0.2, 0.25) is 0 Å². The van der Waals surface area contributed by atoms with Crippen molar-refractivity contribution in [2.45, 2.75) is 26.2 Å². The molecule has 0 aromatic heterocycles. The van der Waals surface area contributed by atoms with Crippen LogP contribution in [-0.2, 0) is 9.59 Å². The van der Waals surface area contributed by atoms with E-state index in [4.69, 9.17) is 0 Å². The second-order valence-corrected chi connectivity index (χ2v) is 5.24. The highest BCUT2D eigenvalue weighted by atomic mass is 16.2. The maximum absolute atomic E-state index is 11.8. The van der Waals surface area contributed by atoms with Gasteiger partial charge in [-0.05, 0) is 38.3 Å². The van der Waals surface area contributed by atoms with Gasteiger partial charge in [-0.1, -0.05) is 29.8 Å². The van der Waals surface area contributed by atoms with Gasteiger partial charge in [-0.3, -0.25) is 20.4 Å². The van der Waals surface area contributed by atoms with Gasteiger partial charge in [0.2, 0.25) is 5.91 Å². The Morgan fingerprint density at radius 2 is 1.90 bits per heavy atom. The Labute approximate surface area is 124 Å². The van der Waals surface area contributed by atoms with Crippen LogP contribution >= 0.6 is 0 Å². The fraction of sp³-hybridized carbons (Fsp3) is 0.375. The molecule has 1 aliphatic rings. The lowest BCUT2D eigenvalue weighted by atomic mass is 9.94. The third-order valence-corrected chi connectivity index (χ3v) is 3.47. The maximum atomic E-state index is 11.8. The van der Waals surface area contributed by atoms with E-state index in [1.807, 2.05) is 37.3 Å². The summed E-state index contributed by atoms with van der Waals surface area (Å²) >= 11 is 0. The zero-order chi connectivity index (χ0) is 15.1. The monoisotopic (exact) mass is 287 g/mol. The molecule has 0 aliphatic heterocycles. The number of carbonyl (C=O) groups is 2. The second-order valence-electron chi connectivity index (χ2n) is 5.24. The Morgan fingerprint density at radius 3 is 2.57 bits per heavy atom. The molecule has 5 heteroatoms. The molecule has 0 heterocycles. The molecule has 0 fully saturated rings. The molecule has 2 rings (SSSR count). The van der Waals surface area contributed by atoms with E-state index in [0.29, 0.717) is 0 Å². The number of hydrazine groups is 1. The predicted octanol–water partition coefficient (Wildman–Crippen LogP) is 1.91. The zero-order valence-corrected chi connectivity index (χ0v) is 12.2. The van der Waals surface area contributed by atoms with Crippen molar-refractivity contribution in [2.24, 2.45) is 5.92 Å². The first-order chi connectivity index (χ1) is 10.1. The summed E-state index contributed by atoms with van der Waals surface area (Å²) in [4.78, 5) is 23.5. The fourth-order valence-electron chi connectivity index (χ4n) is 2.16. The lowest BCUT2D eigenvalue weighted by Gasteiger charge is -2.17. The van der Waals surface area contributed by atoms with E-state index in [-0.39, 0.29) is 24.3 Å². The van der Waals surface area contributed by atoms with Crippen molar-refractivity contribution >= 4 is 17.5 Å². The van der Waals surface area contributed by atoms with Crippen LogP contribution in [0.1, 0.15) is 24.8 Å². The van der Waals surface area contributed by atoms with Crippen molar-refractivity contribution in [3.63, 3.8) is 0 Å². The number of hydrogen-bond acceptors (Lipinski definition) is 3. The summed E-state index contributed by atoms with van der Waals surface area (Å²) in [5.41, 5.74) is 6.96. The van der Waals surface area contributed by atoms with Crippen molar-refractivity contribution in [3.05, 3.63) is 42.0 Å². The molecule has 0 radical (unpaired) electrons. The zero-order valence-electron chi connectivity index (χ0n) is 12.2. The molecule has 2 amide bonds. The molecule has 112 valence electrons. The molecule has 0 unspecified atom stereocenters. The minimum Gasteiger partial charge on any atom is -0.376 e. The van der Waals surface area contributed by atoms with Crippen LogP contribution in [0.3, 0.4) is 0 Å². The number of anilines is 1. The molecule has 1 aromatic carbocycles. The lowest BCUT2D eigenvalue weighted by molar-refractivity contribution is -0.130. The van der Waals surface area contributed by atoms with Gasteiger partial charge in [-0.25, -0.2) is 0 Å². The normalized spacial score (nSPS) is 17.1. The summed E-state index contributed by atoms with van der Waals surface area (Å²) in [5.74, 6) is -0.432. The largest absolute Gasteiger partial charge is 0.376 e. The molecule has 1 aliphatic carbocycles. The third-order valence-electron chi connectivity index (χ3n) is 3.47. The fourth-order valence-corrected chi connectivity index (χ4v) is 2.16. The van der Waals surface area contributed by atoms with Gasteiger partial charge < -0.3 is 5.32 Å². The molecule has 0 saturated carbocycles. The SMILES string of the molecule is Cc1ccc(NCC(=O)NNC(=O)[C@@H]2CC=CCC2)cc1. The number of rotatable bonds is 4. The first kappa shape index (κ1) is 15.1. The van der Waals surface area contributed by atoms with Crippen molar-refractivity contribution in [2.75, 3.05) is 11.9 Å². The molecule has 3 N–H and O–H groups in total. The first-order valence-electron chi connectivity index (χ1n) is 7.19. The molecule has 0 saturated heterocycles. The van der Waals surface area contributed by atoms with Crippen LogP contribution in [0.15, 0.2) is 36.4 Å². The Hall–Kier alpha value is -2.30. The van der Waals surface area contributed by atoms with Crippen LogP contribution in [0.4, 0.5) is 5.69 Å². The number of nitrogens with one attached hydrogen (secondary N) is 3. The van der Waals surface area contributed by atoms with Crippen LogP contribution in [0.5, 0.6) is 0 Å². The molecule has 21 heavy (non-hydrogen) atoms. The molecule has 1 aromatic rings. The summed E-state index contributed by atoms with van der Waals surface area (Å²) in [6.45, 7) is 2.13. The van der Waals surface area contributed by atoms with Gasteiger partial charge >= 0.3 is 0 Å². The van der Waals surface area contributed by atoms with Crippen molar-refractivity contribution in [3.8, 4) is 0 Å². The highest BCUT2D eigenvalue weighted by molar-refractivity contribution is 5.85. The summed E-state index contributed by atoms with van der Waals surface area (Å²) in [5, 5.41) is 3.00. The highest BCUT2D eigenvalue weighted by Crippen LogP contribution is 2.17. The number of allylic oxidation sites excluding steroid dienone is 2. The molecule has 5 nitrogen and oxygen atoms in total. The molecule has 0 bridgehead atoms. The van der Waals surface area contributed by atoms with Gasteiger partial charge in [0.15, 0.2) is 0 Å². The van der Waals surface area contributed by atoms with Gasteiger partial charge in [0.25, 0.3) is 5.91 Å². The van der Waals surface area contributed by atoms with Gasteiger partial charge in [-0.15, -0.1) is 0 Å². The Bertz CT molecular complexity index is 523. The Morgan fingerprint density at radius 1 is 1.14 bits per heavy atom. The van der Waals surface area contributed by atoms with E-state index in [2.05, 4.69) is 22.2 Å². The van der Waals surface area contributed by atoms with Crippen LogP contribution in [-0.4, -0.2) is 18.4 Å². The van der Waals surface area contributed by atoms with Gasteiger partial charge in [-0.2, -0.15) is 0 Å². The van der Waals surface area contributed by atoms with E-state index < -0.39 is 0 Å². The summed E-state index contributed by atoms with van der Waals surface area (Å²) < 4.78 is 0. The smallest absolute Gasteiger partial charge is 0.257 e. The van der Waals surface area contributed by atoms with Crippen LogP contribution in [0.25, 0.3) is 0 Å². The van der Waals surface area contributed by atoms with Crippen molar-refractivity contribution in [1.29, 1.82) is 0 Å². The van der Waals surface area contributed by atoms with E-state index in [1.54, 1.807) is 0 Å². The van der Waals surface area contributed by atoms with Crippen LogP contribution in [0, 0.1) is 12.8 Å². The Kier molecular flexibility index (Phi) is 5.37. The number of benzene rings is 1. The van der Waals surface area contributed by atoms with E-state index in [9.17, 15) is 9.59 Å². The summed E-state index contributed by atoms with van der Waals surface area (Å²) in [7, 11) is 0. The number of hydrogen-bond donors (Lipinski definition) is 3. The average Bonchev–Trinajstić information content (AvgIpc) is 2.53. The third kappa shape index (κ3) is 4.95. The summed E-state index contributed by atoms with van der Waals surface area (Å²) in [6, 6.07) is 7.77. The van der Waals surface area contributed by atoms with E-state index >= 15 is 0 Å². The average molecular weight is 287 g/mol. The molecular weight excluding hydrogens is 266 g/mol. The molecule has 0 spiro atoms. The number of aryl methyl sites for hydroxylation is 1. The van der Waals surface area contributed by atoms with Gasteiger partial charge in [0, 0.05) is 11.6 Å². The standard InChI is InChI=1S/C16H21N3O2/c1-12-7-9-14(10-8-12)17-11-15(20)18-19-16(21)13-5-3-2-4-6-13/h2-3,7-10,13,17H,4-6,11H2,1H3,(H,18,20)(H,19,21)/t13-/m1/s1. The van der Waals surface area contributed by atoms with E-state index in [0.717, 1.165) is 24.9 Å². The first-order valence-corrected chi connectivity index (χ1v) is 7.19. The number of carbonyl (C=O) groups excluding carboxylic acids is 2. The van der Waals surface area contributed by atoms with Crippen molar-refractivity contribution < 1.29 is 9.59 Å². The molecule has 1 atom stereocenters. The lowest BCUT2D eigenvalue weighted by Crippen LogP contribution is -2.46. The highest BCUT2D eigenvalue weighted by Gasteiger charge is 2.18. The van der Waals surface area contributed by atoms with Gasteiger partial charge in [0.1, 0.15) is 0 Å². The minimum absolute atomic E-state index is 0.0413. The van der Waals surface area contributed by atoms with Crippen molar-refractivity contribution in [1.82, 2.24) is 10.9 Å². The van der Waals surface area contributed by atoms with E-state index in [1.165, 1.54) is 5.56 Å². The number of amides is 2. The molecular formula is C16H21N3O2. The maximum Gasteiger partial charge on any atom is 0.257 e. The van der Waals surface area contributed by atoms with Gasteiger partial charge in [0.05, 0.1) is 6.54 Å². The quantitative estimate of drug-likeness (QED) is 0.585. The Balaban J connectivity index is 1.68. The predicted molar refractivity (Wildman–Crippen MR) is 82.4 cm³/mol.